The number of esters is 1. The van der Waals surface area contributed by atoms with Gasteiger partial charge in [0.15, 0.2) is 6.10 Å². The van der Waals surface area contributed by atoms with Crippen LogP contribution < -0.4 is 5.32 Å². The summed E-state index contributed by atoms with van der Waals surface area (Å²) in [4.78, 5) is 29.4. The van der Waals surface area contributed by atoms with Crippen LogP contribution in [0.2, 0.25) is 5.02 Å². The second-order valence-corrected chi connectivity index (χ2v) is 7.96. The lowest BCUT2D eigenvalue weighted by Gasteiger charge is -2.16. The first-order valence-corrected chi connectivity index (χ1v) is 10.2. The van der Waals surface area contributed by atoms with Gasteiger partial charge in [-0.2, -0.15) is 13.2 Å². The van der Waals surface area contributed by atoms with E-state index in [1.807, 2.05) is 0 Å². The van der Waals surface area contributed by atoms with Crippen LogP contribution in [0.5, 0.6) is 0 Å². The lowest BCUT2D eigenvalue weighted by atomic mass is 10.1. The Labute approximate surface area is 184 Å². The number of hydrogen-bond acceptors (Lipinski definition) is 5. The number of alkyl halides is 3. The van der Waals surface area contributed by atoms with E-state index >= 15 is 0 Å². The number of aryl methyl sites for hydroxylation is 1. The summed E-state index contributed by atoms with van der Waals surface area (Å²) in [6.45, 7) is 2.90. The minimum absolute atomic E-state index is 0.195. The zero-order valence-electron chi connectivity index (χ0n) is 16.3. The van der Waals surface area contributed by atoms with E-state index in [9.17, 15) is 22.8 Å². The van der Waals surface area contributed by atoms with Gasteiger partial charge in [-0.3, -0.25) is 4.79 Å². The fourth-order valence-electron chi connectivity index (χ4n) is 2.64. The predicted octanol–water partition coefficient (Wildman–Crippen LogP) is 5.97. The van der Waals surface area contributed by atoms with Crippen molar-refractivity contribution in [2.24, 2.45) is 0 Å². The Morgan fingerprint density at radius 1 is 1.13 bits per heavy atom. The smallest absolute Gasteiger partial charge is 0.418 e. The summed E-state index contributed by atoms with van der Waals surface area (Å²) in [7, 11) is 0. The van der Waals surface area contributed by atoms with Crippen molar-refractivity contribution in [3.63, 3.8) is 0 Å². The van der Waals surface area contributed by atoms with Crippen molar-refractivity contribution < 1.29 is 27.5 Å². The van der Waals surface area contributed by atoms with Gasteiger partial charge in [-0.25, -0.2) is 9.78 Å². The summed E-state index contributed by atoms with van der Waals surface area (Å²) in [5.41, 5.74) is -0.240. The molecule has 0 saturated heterocycles. The maximum Gasteiger partial charge on any atom is 0.418 e. The summed E-state index contributed by atoms with van der Waals surface area (Å²) in [6, 6.07) is 11.4. The number of benzene rings is 2. The van der Waals surface area contributed by atoms with Crippen LogP contribution in [0.15, 0.2) is 48.5 Å². The van der Waals surface area contributed by atoms with Crippen LogP contribution in [0.4, 0.5) is 18.9 Å². The first kappa shape index (κ1) is 22.8. The van der Waals surface area contributed by atoms with Gasteiger partial charge in [-0.15, -0.1) is 11.3 Å². The number of amides is 1. The fraction of sp³-hybridized carbons (Fsp3) is 0.190. The highest BCUT2D eigenvalue weighted by Crippen LogP contribution is 2.35. The molecule has 31 heavy (non-hydrogen) atoms. The SMILES string of the molecule is Cc1nc(-c2ccc(Cl)cc2)sc1C(=O)OC(C)C(=O)Nc1ccccc1C(F)(F)F. The number of thiazole rings is 1. The van der Waals surface area contributed by atoms with Crippen LogP contribution in [0.3, 0.4) is 0 Å². The Kier molecular flexibility index (Phi) is 6.66. The highest BCUT2D eigenvalue weighted by Gasteiger charge is 2.34. The number of anilines is 1. The summed E-state index contributed by atoms with van der Waals surface area (Å²) in [6.07, 6.45) is -5.96. The van der Waals surface area contributed by atoms with Crippen molar-refractivity contribution in [3.8, 4) is 10.6 Å². The van der Waals surface area contributed by atoms with Crippen LogP contribution in [-0.4, -0.2) is 23.0 Å². The Bertz CT molecular complexity index is 1110. The molecule has 1 N–H and O–H groups in total. The summed E-state index contributed by atoms with van der Waals surface area (Å²) >= 11 is 6.96. The molecule has 3 rings (SSSR count). The molecule has 5 nitrogen and oxygen atoms in total. The van der Waals surface area contributed by atoms with Gasteiger partial charge in [-0.05, 0) is 38.1 Å². The van der Waals surface area contributed by atoms with Gasteiger partial charge >= 0.3 is 12.1 Å². The Hall–Kier alpha value is -2.91. The molecule has 3 aromatic rings. The van der Waals surface area contributed by atoms with Crippen LogP contribution in [0.25, 0.3) is 10.6 Å². The minimum atomic E-state index is -4.64. The van der Waals surface area contributed by atoms with E-state index in [4.69, 9.17) is 16.3 Å². The molecular weight excluding hydrogens is 453 g/mol. The molecule has 0 aliphatic heterocycles. The highest BCUT2D eigenvalue weighted by molar-refractivity contribution is 7.17. The summed E-state index contributed by atoms with van der Waals surface area (Å²) in [5, 5.41) is 3.29. The molecule has 0 saturated carbocycles. The molecule has 1 heterocycles. The zero-order chi connectivity index (χ0) is 22.8. The lowest BCUT2D eigenvalue weighted by Crippen LogP contribution is -2.30. The Morgan fingerprint density at radius 2 is 1.77 bits per heavy atom. The van der Waals surface area contributed by atoms with Crippen molar-refractivity contribution in [2.75, 3.05) is 5.32 Å². The molecule has 1 atom stereocenters. The molecule has 0 aliphatic carbocycles. The monoisotopic (exact) mass is 468 g/mol. The molecule has 1 unspecified atom stereocenters. The van der Waals surface area contributed by atoms with Gasteiger partial charge in [-0.1, -0.05) is 35.9 Å². The molecule has 162 valence electrons. The van der Waals surface area contributed by atoms with E-state index < -0.39 is 35.4 Å². The van der Waals surface area contributed by atoms with Crippen LogP contribution in [0, 0.1) is 6.92 Å². The maximum absolute atomic E-state index is 13.1. The largest absolute Gasteiger partial charge is 0.448 e. The van der Waals surface area contributed by atoms with E-state index in [2.05, 4.69) is 10.3 Å². The number of aromatic nitrogens is 1. The van der Waals surface area contributed by atoms with Crippen molar-refractivity contribution in [2.45, 2.75) is 26.1 Å². The molecule has 0 bridgehead atoms. The van der Waals surface area contributed by atoms with Gasteiger partial charge in [0.1, 0.15) is 9.88 Å². The first-order valence-electron chi connectivity index (χ1n) is 8.97. The van der Waals surface area contributed by atoms with Crippen molar-refractivity contribution in [1.29, 1.82) is 0 Å². The standard InChI is InChI=1S/C21H16ClF3N2O3S/c1-11-17(31-19(26-11)13-7-9-14(22)10-8-13)20(29)30-12(2)18(28)27-16-6-4-3-5-15(16)21(23,24)25/h3-10,12H,1-2H3,(H,27,28). The number of ether oxygens (including phenoxy) is 1. The molecule has 0 spiro atoms. The summed E-state index contributed by atoms with van der Waals surface area (Å²) in [5.74, 6) is -1.67. The van der Waals surface area contributed by atoms with Crippen LogP contribution in [0.1, 0.15) is 27.9 Å². The molecule has 1 aromatic heterocycles. The number of rotatable bonds is 5. The Morgan fingerprint density at radius 3 is 2.42 bits per heavy atom. The zero-order valence-corrected chi connectivity index (χ0v) is 17.9. The van der Waals surface area contributed by atoms with Gasteiger partial charge in [0.2, 0.25) is 0 Å². The minimum Gasteiger partial charge on any atom is -0.448 e. The average Bonchev–Trinajstić information content (AvgIpc) is 3.09. The second kappa shape index (κ2) is 9.07. The number of halogens is 4. The molecule has 1 amide bonds. The summed E-state index contributed by atoms with van der Waals surface area (Å²) < 4.78 is 44.4. The van der Waals surface area contributed by atoms with E-state index in [1.54, 1.807) is 31.2 Å². The molecule has 0 aliphatic rings. The Balaban J connectivity index is 1.71. The number of para-hydroxylation sites is 1. The van der Waals surface area contributed by atoms with Gasteiger partial charge in [0.05, 0.1) is 16.9 Å². The molecule has 10 heteroatoms. The van der Waals surface area contributed by atoms with E-state index in [1.165, 1.54) is 19.1 Å². The van der Waals surface area contributed by atoms with E-state index in [-0.39, 0.29) is 4.88 Å². The molecule has 0 fully saturated rings. The number of carbonyl (C=O) groups excluding carboxylic acids is 2. The average molecular weight is 469 g/mol. The molecular formula is C21H16ClF3N2O3S. The first-order chi connectivity index (χ1) is 14.6. The second-order valence-electron chi connectivity index (χ2n) is 6.52. The number of hydrogen-bond donors (Lipinski definition) is 1. The number of nitrogens with zero attached hydrogens (tertiary/aromatic N) is 1. The third-order valence-electron chi connectivity index (χ3n) is 4.22. The fourth-order valence-corrected chi connectivity index (χ4v) is 3.72. The predicted molar refractivity (Wildman–Crippen MR) is 112 cm³/mol. The van der Waals surface area contributed by atoms with Gasteiger partial charge < -0.3 is 10.1 Å². The highest BCUT2D eigenvalue weighted by atomic mass is 35.5. The van der Waals surface area contributed by atoms with Crippen molar-refractivity contribution in [1.82, 2.24) is 4.98 Å². The van der Waals surface area contributed by atoms with Crippen molar-refractivity contribution >= 4 is 40.5 Å². The van der Waals surface area contributed by atoms with Crippen molar-refractivity contribution in [3.05, 3.63) is 69.7 Å². The quantitative estimate of drug-likeness (QED) is 0.468. The maximum atomic E-state index is 13.1. The lowest BCUT2D eigenvalue weighted by molar-refractivity contribution is -0.137. The van der Waals surface area contributed by atoms with Gasteiger partial charge in [0, 0.05) is 10.6 Å². The number of nitrogens with one attached hydrogen (secondary N) is 1. The van der Waals surface area contributed by atoms with Crippen LogP contribution in [-0.2, 0) is 15.7 Å². The van der Waals surface area contributed by atoms with E-state index in [0.717, 1.165) is 29.0 Å². The number of carbonyl (C=O) groups is 2. The van der Waals surface area contributed by atoms with Crippen LogP contribution >= 0.6 is 22.9 Å². The molecule has 2 aromatic carbocycles. The topological polar surface area (TPSA) is 68.3 Å². The van der Waals surface area contributed by atoms with Gasteiger partial charge in [0.25, 0.3) is 5.91 Å². The third kappa shape index (κ3) is 5.42. The normalized spacial score (nSPS) is 12.3. The third-order valence-corrected chi connectivity index (χ3v) is 5.66. The van der Waals surface area contributed by atoms with E-state index in [0.29, 0.717) is 15.7 Å². The molecule has 0 radical (unpaired) electrons.